The molecule has 5 nitrogen and oxygen atoms in total. The average Bonchev–Trinajstić information content (AvgIpc) is 2.49. The summed E-state index contributed by atoms with van der Waals surface area (Å²) in [5, 5.41) is 2.61. The predicted octanol–water partition coefficient (Wildman–Crippen LogP) is -0.336. The van der Waals surface area contributed by atoms with Crippen LogP contribution in [0, 0.1) is 0 Å². The zero-order valence-electron chi connectivity index (χ0n) is 6.79. The Balaban J connectivity index is 2.56. The third-order valence-corrected chi connectivity index (χ3v) is 2.00. The molecule has 2 amide bonds. The van der Waals surface area contributed by atoms with Gasteiger partial charge in [-0.2, -0.15) is 0 Å². The van der Waals surface area contributed by atoms with Crippen LogP contribution in [-0.2, 0) is 6.42 Å². The highest BCUT2D eigenvalue weighted by atomic mass is 16.3. The van der Waals surface area contributed by atoms with Crippen molar-refractivity contribution < 1.29 is 14.0 Å². The number of primary amides is 1. The van der Waals surface area contributed by atoms with E-state index in [9.17, 15) is 9.59 Å². The molecule has 1 aliphatic rings. The lowest BCUT2D eigenvalue weighted by molar-refractivity contribution is 0.0928. The second kappa shape index (κ2) is 2.62. The van der Waals surface area contributed by atoms with Gasteiger partial charge in [0.15, 0.2) is 0 Å². The van der Waals surface area contributed by atoms with Crippen molar-refractivity contribution in [2.45, 2.75) is 6.42 Å². The van der Waals surface area contributed by atoms with Gasteiger partial charge in [-0.15, -0.1) is 0 Å². The van der Waals surface area contributed by atoms with Gasteiger partial charge in [-0.3, -0.25) is 9.59 Å². The van der Waals surface area contributed by atoms with Crippen molar-refractivity contribution in [3.05, 3.63) is 23.2 Å². The zero-order chi connectivity index (χ0) is 9.42. The maximum absolute atomic E-state index is 11.3. The number of hydrogen-bond acceptors (Lipinski definition) is 3. The first-order valence-electron chi connectivity index (χ1n) is 3.88. The van der Waals surface area contributed by atoms with Crippen molar-refractivity contribution in [2.24, 2.45) is 5.73 Å². The number of fused-ring (bicyclic) bond motifs is 1. The fourth-order valence-corrected chi connectivity index (χ4v) is 1.39. The Morgan fingerprint density at radius 2 is 2.38 bits per heavy atom. The van der Waals surface area contributed by atoms with Crippen LogP contribution in [0.3, 0.4) is 0 Å². The van der Waals surface area contributed by atoms with E-state index in [-0.39, 0.29) is 11.5 Å². The lowest BCUT2D eigenvalue weighted by atomic mass is 10.1. The summed E-state index contributed by atoms with van der Waals surface area (Å²) in [4.78, 5) is 22.2. The van der Waals surface area contributed by atoms with Crippen LogP contribution in [-0.4, -0.2) is 18.4 Å². The molecule has 0 bridgehead atoms. The number of nitrogens with one attached hydrogen (secondary N) is 1. The molecule has 0 saturated heterocycles. The summed E-state index contributed by atoms with van der Waals surface area (Å²) in [7, 11) is 0. The molecule has 0 unspecified atom stereocenters. The van der Waals surface area contributed by atoms with E-state index < -0.39 is 5.91 Å². The number of furan rings is 1. The Morgan fingerprint density at radius 3 is 3.08 bits per heavy atom. The van der Waals surface area contributed by atoms with Gasteiger partial charge < -0.3 is 15.5 Å². The smallest absolute Gasteiger partial charge is 0.255 e. The van der Waals surface area contributed by atoms with Crippen LogP contribution in [0.1, 0.15) is 26.5 Å². The summed E-state index contributed by atoms with van der Waals surface area (Å²) in [6.07, 6.45) is 1.84. The highest BCUT2D eigenvalue weighted by molar-refractivity contribution is 6.07. The third-order valence-electron chi connectivity index (χ3n) is 2.00. The molecule has 0 atom stereocenters. The van der Waals surface area contributed by atoms with Crippen LogP contribution in [0.15, 0.2) is 10.7 Å². The maximum Gasteiger partial charge on any atom is 0.255 e. The first-order chi connectivity index (χ1) is 6.20. The van der Waals surface area contributed by atoms with Gasteiger partial charge in [-0.05, 0) is 0 Å². The van der Waals surface area contributed by atoms with E-state index in [1.165, 1.54) is 6.26 Å². The third kappa shape index (κ3) is 1.09. The summed E-state index contributed by atoms with van der Waals surface area (Å²) < 4.78 is 5.06. The molecular formula is C8H8N2O3. The monoisotopic (exact) mass is 180 g/mol. The highest BCUT2D eigenvalue weighted by Gasteiger charge is 2.26. The minimum absolute atomic E-state index is 0.159. The van der Waals surface area contributed by atoms with Gasteiger partial charge >= 0.3 is 0 Å². The minimum Gasteiger partial charge on any atom is -0.468 e. The normalized spacial score (nSPS) is 14.9. The van der Waals surface area contributed by atoms with Crippen LogP contribution < -0.4 is 11.1 Å². The number of amides is 2. The maximum atomic E-state index is 11.3. The lowest BCUT2D eigenvalue weighted by Gasteiger charge is -2.10. The van der Waals surface area contributed by atoms with Gasteiger partial charge in [-0.25, -0.2) is 0 Å². The van der Waals surface area contributed by atoms with E-state index >= 15 is 0 Å². The Bertz CT molecular complexity index is 381. The topological polar surface area (TPSA) is 85.3 Å². The molecule has 5 heteroatoms. The molecule has 2 rings (SSSR count). The average molecular weight is 180 g/mol. The molecule has 1 aromatic rings. The number of rotatable bonds is 1. The standard InChI is InChI=1S/C8H8N2O3/c9-7(11)4-3-13-5-1-2-10-8(12)6(4)5/h3H,1-2H2,(H2,9,11)(H,10,12). The van der Waals surface area contributed by atoms with Crippen molar-refractivity contribution in [1.29, 1.82) is 0 Å². The fourth-order valence-electron chi connectivity index (χ4n) is 1.39. The van der Waals surface area contributed by atoms with Gasteiger partial charge in [0.25, 0.3) is 11.8 Å². The van der Waals surface area contributed by atoms with Crippen molar-refractivity contribution in [3.8, 4) is 0 Å². The molecule has 68 valence electrons. The summed E-state index contributed by atoms with van der Waals surface area (Å²) >= 11 is 0. The number of carbonyl (C=O) groups is 2. The Labute approximate surface area is 73.9 Å². The molecule has 0 aromatic carbocycles. The largest absolute Gasteiger partial charge is 0.468 e. The lowest BCUT2D eigenvalue weighted by Crippen LogP contribution is -2.32. The van der Waals surface area contributed by atoms with Gasteiger partial charge in [0.1, 0.15) is 12.0 Å². The van der Waals surface area contributed by atoms with E-state index in [2.05, 4.69) is 5.32 Å². The number of nitrogens with two attached hydrogens (primary N) is 1. The Morgan fingerprint density at radius 1 is 1.62 bits per heavy atom. The molecule has 13 heavy (non-hydrogen) atoms. The van der Waals surface area contributed by atoms with Crippen molar-refractivity contribution >= 4 is 11.8 Å². The minimum atomic E-state index is -0.637. The Hall–Kier alpha value is -1.78. The second-order valence-corrected chi connectivity index (χ2v) is 2.82. The van der Waals surface area contributed by atoms with Gasteiger partial charge in [0, 0.05) is 13.0 Å². The molecule has 0 aliphatic carbocycles. The van der Waals surface area contributed by atoms with E-state index in [1.807, 2.05) is 0 Å². The quantitative estimate of drug-likeness (QED) is 0.620. The number of hydrogen-bond donors (Lipinski definition) is 2. The van der Waals surface area contributed by atoms with Crippen LogP contribution in [0.4, 0.5) is 0 Å². The summed E-state index contributed by atoms with van der Waals surface area (Å²) in [6.45, 7) is 0.539. The number of carbonyl (C=O) groups excluding carboxylic acids is 2. The predicted molar refractivity (Wildman–Crippen MR) is 43.3 cm³/mol. The summed E-state index contributed by atoms with van der Waals surface area (Å²) in [5.41, 5.74) is 5.52. The first-order valence-corrected chi connectivity index (χ1v) is 3.88. The molecule has 0 spiro atoms. The van der Waals surface area contributed by atoms with E-state index in [0.717, 1.165) is 0 Å². The molecule has 0 saturated carbocycles. The SMILES string of the molecule is NC(=O)c1coc2c1C(=O)NCC2. The molecule has 0 fully saturated rings. The van der Waals surface area contributed by atoms with Crippen LogP contribution >= 0.6 is 0 Å². The van der Waals surface area contributed by atoms with Crippen LogP contribution in [0.5, 0.6) is 0 Å². The van der Waals surface area contributed by atoms with E-state index in [1.54, 1.807) is 0 Å². The van der Waals surface area contributed by atoms with Crippen LogP contribution in [0.2, 0.25) is 0 Å². The summed E-state index contributed by atoms with van der Waals surface area (Å²) in [6, 6.07) is 0. The second-order valence-electron chi connectivity index (χ2n) is 2.82. The Kier molecular flexibility index (Phi) is 1.58. The fraction of sp³-hybridized carbons (Fsp3) is 0.250. The van der Waals surface area contributed by atoms with E-state index in [0.29, 0.717) is 24.3 Å². The zero-order valence-corrected chi connectivity index (χ0v) is 6.79. The molecular weight excluding hydrogens is 172 g/mol. The van der Waals surface area contributed by atoms with Gasteiger partial charge in [0.2, 0.25) is 0 Å². The van der Waals surface area contributed by atoms with Crippen LogP contribution in [0.25, 0.3) is 0 Å². The van der Waals surface area contributed by atoms with Crippen molar-refractivity contribution in [2.75, 3.05) is 6.54 Å². The molecule has 1 aromatic heterocycles. The first kappa shape index (κ1) is 7.85. The molecule has 1 aliphatic heterocycles. The molecule has 3 N–H and O–H groups in total. The highest BCUT2D eigenvalue weighted by Crippen LogP contribution is 2.19. The molecule has 2 heterocycles. The molecule has 0 radical (unpaired) electrons. The van der Waals surface area contributed by atoms with E-state index in [4.69, 9.17) is 10.2 Å². The van der Waals surface area contributed by atoms with Crippen molar-refractivity contribution in [1.82, 2.24) is 5.32 Å². The van der Waals surface area contributed by atoms with Gasteiger partial charge in [-0.1, -0.05) is 0 Å². The summed E-state index contributed by atoms with van der Waals surface area (Å²) in [5.74, 6) is -0.386. The van der Waals surface area contributed by atoms with Gasteiger partial charge in [0.05, 0.1) is 11.1 Å². The van der Waals surface area contributed by atoms with Crippen molar-refractivity contribution in [3.63, 3.8) is 0 Å².